The van der Waals surface area contributed by atoms with Crippen molar-refractivity contribution in [3.05, 3.63) is 59.1 Å². The summed E-state index contributed by atoms with van der Waals surface area (Å²) in [6, 6.07) is 12.1. The van der Waals surface area contributed by atoms with Gasteiger partial charge in [-0.05, 0) is 37.0 Å². The Kier molecular flexibility index (Phi) is 4.48. The molecule has 0 aliphatic heterocycles. The normalized spacial score (nSPS) is 20.4. The van der Waals surface area contributed by atoms with Crippen molar-refractivity contribution in [2.45, 2.75) is 44.3 Å². The van der Waals surface area contributed by atoms with Gasteiger partial charge in [-0.1, -0.05) is 61.0 Å². The second-order valence-corrected chi connectivity index (χ2v) is 7.54. The third-order valence-corrected chi connectivity index (χ3v) is 5.57. The molecule has 2 atom stereocenters. The van der Waals surface area contributed by atoms with Crippen molar-refractivity contribution in [2.24, 2.45) is 0 Å². The summed E-state index contributed by atoms with van der Waals surface area (Å²) in [5.74, 6) is 0.806. The monoisotopic (exact) mass is 358 g/mol. The molecule has 2 unspecified atom stereocenters. The van der Waals surface area contributed by atoms with Gasteiger partial charge in [0.25, 0.3) is 5.91 Å². The van der Waals surface area contributed by atoms with Crippen molar-refractivity contribution in [1.82, 2.24) is 5.32 Å². The molecule has 1 aliphatic carbocycles. The third-order valence-electron chi connectivity index (χ3n) is 5.57. The molecule has 136 valence electrons. The molecular weight excluding hydrogens is 333 g/mol. The van der Waals surface area contributed by atoms with Crippen molar-refractivity contribution < 1.29 is 10.6 Å². The van der Waals surface area contributed by atoms with Crippen molar-refractivity contribution in [1.29, 1.82) is 0 Å². The van der Waals surface area contributed by atoms with E-state index in [2.05, 4.69) is 5.32 Å². The Hall–Kier alpha value is -2.49. The highest BCUT2D eigenvalue weighted by atomic mass is 16.3. The molecule has 2 radical (unpaired) electrons. The van der Waals surface area contributed by atoms with Crippen molar-refractivity contribution in [3.8, 4) is 11.3 Å². The smallest absolute Gasteiger partial charge is 0.255 e. The number of carbonyl (C=O) groups excluding carboxylic acids is 1. The van der Waals surface area contributed by atoms with Crippen molar-refractivity contribution >= 4 is 24.7 Å². The van der Waals surface area contributed by atoms with Gasteiger partial charge in [0.2, 0.25) is 0 Å². The van der Waals surface area contributed by atoms with Crippen molar-refractivity contribution in [3.63, 3.8) is 0 Å². The predicted octanol–water partition coefficient (Wildman–Crippen LogP) is 5.38. The lowest BCUT2D eigenvalue weighted by Crippen LogP contribution is -2.18. The molecule has 3 aromatic rings. The topological polar surface area (TPSA) is 42.2 Å². The SMILES string of the molecule is [2H]c1cc2oc(-c3ccc(C)cc3)c(C(=O)NC)c2cc1C1CCCC([B])C1. The number of benzene rings is 2. The highest BCUT2D eigenvalue weighted by Gasteiger charge is 2.24. The van der Waals surface area contributed by atoms with Crippen molar-refractivity contribution in [2.75, 3.05) is 7.05 Å². The molecule has 0 bridgehead atoms. The summed E-state index contributed by atoms with van der Waals surface area (Å²) in [5, 5.41) is 3.50. The van der Waals surface area contributed by atoms with Gasteiger partial charge in [-0.2, -0.15) is 0 Å². The molecule has 1 N–H and O–H groups in total. The molecule has 3 nitrogen and oxygen atoms in total. The number of nitrogens with one attached hydrogen (secondary N) is 1. The summed E-state index contributed by atoms with van der Waals surface area (Å²) < 4.78 is 14.6. The number of hydrogen-bond donors (Lipinski definition) is 1. The lowest BCUT2D eigenvalue weighted by molar-refractivity contribution is 0.0964. The fourth-order valence-electron chi connectivity index (χ4n) is 4.06. The fourth-order valence-corrected chi connectivity index (χ4v) is 4.06. The Morgan fingerprint density at radius 3 is 2.74 bits per heavy atom. The summed E-state index contributed by atoms with van der Waals surface area (Å²) in [4.78, 5) is 12.7. The van der Waals surface area contributed by atoms with E-state index in [1.807, 2.05) is 37.3 Å². The first kappa shape index (κ1) is 16.7. The number of furan rings is 1. The number of fused-ring (bicyclic) bond motifs is 1. The summed E-state index contributed by atoms with van der Waals surface area (Å²) in [6.45, 7) is 2.02. The maximum Gasteiger partial charge on any atom is 0.255 e. The van der Waals surface area contributed by atoms with Gasteiger partial charge in [0.15, 0.2) is 0 Å². The maximum atomic E-state index is 12.7. The average molecular weight is 358 g/mol. The summed E-state index contributed by atoms with van der Waals surface area (Å²) in [5.41, 5.74) is 4.06. The Morgan fingerprint density at radius 2 is 2.04 bits per heavy atom. The number of rotatable bonds is 3. The van der Waals surface area contributed by atoms with Gasteiger partial charge >= 0.3 is 0 Å². The van der Waals surface area contributed by atoms with Crippen LogP contribution in [0.15, 0.2) is 46.9 Å². The number of aryl methyl sites for hydroxylation is 1. The van der Waals surface area contributed by atoms with E-state index >= 15 is 0 Å². The largest absolute Gasteiger partial charge is 0.455 e. The van der Waals surface area contributed by atoms with E-state index in [1.165, 1.54) is 0 Å². The first-order valence-corrected chi connectivity index (χ1v) is 9.59. The first-order chi connectivity index (χ1) is 13.5. The third kappa shape index (κ3) is 3.41. The van der Waals surface area contributed by atoms with Gasteiger partial charge in [0.05, 0.1) is 14.8 Å². The lowest BCUT2D eigenvalue weighted by atomic mass is 9.69. The number of carbonyl (C=O) groups is 1. The Balaban J connectivity index is 1.89. The predicted molar refractivity (Wildman–Crippen MR) is 110 cm³/mol. The number of amides is 1. The van der Waals surface area contributed by atoms with Crippen LogP contribution in [0.4, 0.5) is 0 Å². The summed E-state index contributed by atoms with van der Waals surface area (Å²) in [6.07, 6.45) is 4.03. The molecule has 4 heteroatoms. The fraction of sp³-hybridized carbons (Fsp3) is 0.348. The highest BCUT2D eigenvalue weighted by Crippen LogP contribution is 2.40. The van der Waals surface area contributed by atoms with E-state index in [4.69, 9.17) is 13.6 Å². The lowest BCUT2D eigenvalue weighted by Gasteiger charge is -2.27. The van der Waals surface area contributed by atoms with Crippen LogP contribution in [-0.4, -0.2) is 20.8 Å². The van der Waals surface area contributed by atoms with Crippen LogP contribution in [0.25, 0.3) is 22.3 Å². The van der Waals surface area contributed by atoms with E-state index in [0.717, 1.165) is 47.8 Å². The molecule has 1 amide bonds. The first-order valence-electron chi connectivity index (χ1n) is 10.1. The van der Waals surface area contributed by atoms with E-state index in [1.54, 1.807) is 13.1 Å². The molecule has 0 spiro atoms. The molecule has 1 saturated carbocycles. The van der Waals surface area contributed by atoms with Gasteiger partial charge in [0.1, 0.15) is 11.3 Å². The number of hydrogen-bond acceptors (Lipinski definition) is 2. The minimum Gasteiger partial charge on any atom is -0.455 e. The van der Waals surface area contributed by atoms with Gasteiger partial charge in [0, 0.05) is 18.0 Å². The Morgan fingerprint density at radius 1 is 1.26 bits per heavy atom. The molecule has 27 heavy (non-hydrogen) atoms. The average Bonchev–Trinajstić information content (AvgIpc) is 3.05. The second-order valence-electron chi connectivity index (χ2n) is 7.54. The van der Waals surface area contributed by atoms with Crippen LogP contribution in [0.5, 0.6) is 0 Å². The van der Waals surface area contributed by atoms with Crippen LogP contribution in [0.2, 0.25) is 5.82 Å². The molecule has 1 fully saturated rings. The van der Waals surface area contributed by atoms with E-state index in [-0.39, 0.29) is 17.6 Å². The van der Waals surface area contributed by atoms with E-state index in [9.17, 15) is 4.79 Å². The molecule has 1 aliphatic rings. The van der Waals surface area contributed by atoms with Gasteiger partial charge in [-0.3, -0.25) is 4.79 Å². The highest BCUT2D eigenvalue weighted by molar-refractivity contribution is 6.12. The van der Waals surface area contributed by atoms with Gasteiger partial charge < -0.3 is 9.73 Å². The maximum absolute atomic E-state index is 12.7. The van der Waals surface area contributed by atoms with Crippen LogP contribution >= 0.6 is 0 Å². The van der Waals surface area contributed by atoms with Crippen LogP contribution in [0.3, 0.4) is 0 Å². The van der Waals surface area contributed by atoms with Crippen LogP contribution in [0, 0.1) is 6.92 Å². The Bertz CT molecular complexity index is 1030. The zero-order valence-electron chi connectivity index (χ0n) is 16.8. The van der Waals surface area contributed by atoms with Crippen LogP contribution in [0.1, 0.15) is 54.5 Å². The summed E-state index contributed by atoms with van der Waals surface area (Å²) in [7, 11) is 7.80. The molecule has 4 rings (SSSR count). The molecular formula is C23H24BNO2. The van der Waals surface area contributed by atoms with Crippen LogP contribution < -0.4 is 5.32 Å². The van der Waals surface area contributed by atoms with Gasteiger partial charge in [-0.25, -0.2) is 0 Å². The molecule has 1 aromatic heterocycles. The second kappa shape index (κ2) is 7.26. The quantitative estimate of drug-likeness (QED) is 0.639. The minimum absolute atomic E-state index is 0.180. The van der Waals surface area contributed by atoms with Crippen LogP contribution in [-0.2, 0) is 0 Å². The zero-order valence-corrected chi connectivity index (χ0v) is 15.8. The standard InChI is InChI=1S/C23H24BNO2/c1-14-6-8-15(9-7-14)22-21(23(26)25-2)19-13-17(10-11-20(19)27-22)16-4-3-5-18(24)12-16/h6-11,13,16,18H,3-5,12H2,1-2H3,(H,25,26)/i10D. The molecule has 0 saturated heterocycles. The summed E-state index contributed by atoms with van der Waals surface area (Å²) >= 11 is 0. The zero-order chi connectivity index (χ0) is 19.8. The van der Waals surface area contributed by atoms with Gasteiger partial charge in [-0.15, -0.1) is 0 Å². The molecule has 2 aromatic carbocycles. The Labute approximate surface area is 163 Å². The minimum atomic E-state index is -0.182. The van der Waals surface area contributed by atoms with E-state index < -0.39 is 0 Å². The van der Waals surface area contributed by atoms with E-state index in [0.29, 0.717) is 22.9 Å². The molecule has 1 heterocycles.